The number of amides is 1. The lowest BCUT2D eigenvalue weighted by molar-refractivity contribution is -0.124. The van der Waals surface area contributed by atoms with E-state index in [1.165, 1.54) is 11.8 Å². The molecule has 3 aromatic rings. The molecular weight excluding hydrogens is 376 g/mol. The minimum atomic E-state index is -0.514. The lowest BCUT2D eigenvalue weighted by atomic mass is 10.1. The highest BCUT2D eigenvalue weighted by atomic mass is 32.2. The number of fused-ring (bicyclic) bond motifs is 1. The van der Waals surface area contributed by atoms with Crippen molar-refractivity contribution in [2.45, 2.75) is 30.7 Å². The number of carbonyl (C=O) groups is 2. The first kappa shape index (κ1) is 19.9. The van der Waals surface area contributed by atoms with Crippen LogP contribution in [-0.4, -0.2) is 30.0 Å². The Morgan fingerprint density at radius 3 is 2.75 bits per heavy atom. The van der Waals surface area contributed by atoms with Crippen molar-refractivity contribution in [3.8, 4) is 0 Å². The first-order chi connectivity index (χ1) is 13.7. The number of aromatic nitrogens is 1. The van der Waals surface area contributed by atoms with Gasteiger partial charge in [-0.1, -0.05) is 55.4 Å². The summed E-state index contributed by atoms with van der Waals surface area (Å²) in [7, 11) is 0. The van der Waals surface area contributed by atoms with Crippen LogP contribution < -0.4 is 5.32 Å². The second-order valence-electron chi connectivity index (χ2n) is 6.17. The molecule has 0 saturated heterocycles. The molecule has 0 radical (unpaired) electrons. The molecule has 0 aliphatic rings. The third-order valence-corrected chi connectivity index (χ3v) is 4.93. The van der Waals surface area contributed by atoms with E-state index in [0.717, 1.165) is 29.5 Å². The normalized spacial score (nSPS) is 10.8. The summed E-state index contributed by atoms with van der Waals surface area (Å²) in [6.07, 6.45) is 1.89. The standard InChI is InChI=1S/C21H22N2O4S/c1-2-3-12-22-19(24)13-26-20(25)16-9-5-4-8-15(16)14-28-21-23-17-10-6-7-11-18(17)27-21/h4-11H,2-3,12-14H2,1H3,(H,22,24). The van der Waals surface area contributed by atoms with Crippen LogP contribution in [0.4, 0.5) is 0 Å². The molecule has 146 valence electrons. The number of thioether (sulfide) groups is 1. The Morgan fingerprint density at radius 1 is 1.14 bits per heavy atom. The number of nitrogens with one attached hydrogen (secondary N) is 1. The van der Waals surface area contributed by atoms with E-state index in [2.05, 4.69) is 10.3 Å². The minimum absolute atomic E-state index is 0.283. The Balaban J connectivity index is 1.59. The van der Waals surface area contributed by atoms with E-state index in [9.17, 15) is 9.59 Å². The van der Waals surface area contributed by atoms with Gasteiger partial charge in [0.1, 0.15) is 5.52 Å². The van der Waals surface area contributed by atoms with Crippen LogP contribution in [0.5, 0.6) is 0 Å². The number of para-hydroxylation sites is 2. The number of unbranched alkanes of at least 4 members (excludes halogenated alkanes) is 1. The van der Waals surface area contributed by atoms with Crippen LogP contribution in [0, 0.1) is 0 Å². The second-order valence-corrected chi connectivity index (χ2v) is 7.10. The van der Waals surface area contributed by atoms with E-state index < -0.39 is 5.97 Å². The number of hydrogen-bond donors (Lipinski definition) is 1. The summed E-state index contributed by atoms with van der Waals surface area (Å²) in [6, 6.07) is 14.7. The molecule has 0 spiro atoms. The molecule has 1 heterocycles. The maximum Gasteiger partial charge on any atom is 0.338 e. The van der Waals surface area contributed by atoms with E-state index in [4.69, 9.17) is 9.15 Å². The number of carbonyl (C=O) groups excluding carboxylic acids is 2. The average Bonchev–Trinajstić information content (AvgIpc) is 3.14. The molecule has 1 aromatic heterocycles. The highest BCUT2D eigenvalue weighted by molar-refractivity contribution is 7.98. The summed E-state index contributed by atoms with van der Waals surface area (Å²) in [6.45, 7) is 2.35. The van der Waals surface area contributed by atoms with Gasteiger partial charge >= 0.3 is 5.97 Å². The van der Waals surface area contributed by atoms with Crippen molar-refractivity contribution >= 4 is 34.7 Å². The Morgan fingerprint density at radius 2 is 1.93 bits per heavy atom. The number of rotatable bonds is 9. The fourth-order valence-corrected chi connectivity index (χ4v) is 3.40. The third-order valence-electron chi connectivity index (χ3n) is 4.05. The van der Waals surface area contributed by atoms with Crippen molar-refractivity contribution in [1.29, 1.82) is 0 Å². The summed E-state index contributed by atoms with van der Waals surface area (Å²) in [5.74, 6) is -0.305. The summed E-state index contributed by atoms with van der Waals surface area (Å²) in [5.41, 5.74) is 2.76. The van der Waals surface area contributed by atoms with E-state index in [1.54, 1.807) is 12.1 Å². The minimum Gasteiger partial charge on any atom is -0.452 e. The summed E-state index contributed by atoms with van der Waals surface area (Å²) < 4.78 is 10.9. The van der Waals surface area contributed by atoms with Gasteiger partial charge in [0.15, 0.2) is 12.2 Å². The zero-order valence-electron chi connectivity index (χ0n) is 15.6. The molecule has 0 bridgehead atoms. The van der Waals surface area contributed by atoms with Crippen molar-refractivity contribution in [3.63, 3.8) is 0 Å². The fourth-order valence-electron chi connectivity index (χ4n) is 2.56. The van der Waals surface area contributed by atoms with E-state index in [-0.39, 0.29) is 12.5 Å². The molecule has 0 atom stereocenters. The van der Waals surface area contributed by atoms with Gasteiger partial charge in [0.25, 0.3) is 11.1 Å². The largest absolute Gasteiger partial charge is 0.452 e. The SMILES string of the molecule is CCCCNC(=O)COC(=O)c1ccccc1CSc1nc2ccccc2o1. The van der Waals surface area contributed by atoms with Crippen LogP contribution in [0.2, 0.25) is 0 Å². The number of benzene rings is 2. The molecule has 0 unspecified atom stereocenters. The highest BCUT2D eigenvalue weighted by Crippen LogP contribution is 2.27. The first-order valence-electron chi connectivity index (χ1n) is 9.17. The number of oxazole rings is 1. The lowest BCUT2D eigenvalue weighted by Crippen LogP contribution is -2.29. The predicted octanol–water partition coefficient (Wildman–Crippen LogP) is 4.19. The number of esters is 1. The van der Waals surface area contributed by atoms with Crippen LogP contribution in [0.15, 0.2) is 58.2 Å². The number of ether oxygens (including phenoxy) is 1. The van der Waals surface area contributed by atoms with Crippen molar-refractivity contribution in [3.05, 3.63) is 59.7 Å². The van der Waals surface area contributed by atoms with Gasteiger partial charge in [0.05, 0.1) is 5.56 Å². The molecule has 0 fully saturated rings. The monoisotopic (exact) mass is 398 g/mol. The van der Waals surface area contributed by atoms with Gasteiger partial charge in [-0.3, -0.25) is 4.79 Å². The molecule has 0 saturated carbocycles. The van der Waals surface area contributed by atoms with Gasteiger partial charge < -0.3 is 14.5 Å². The molecule has 7 heteroatoms. The first-order valence-corrected chi connectivity index (χ1v) is 10.2. The summed E-state index contributed by atoms with van der Waals surface area (Å²) in [4.78, 5) is 28.5. The van der Waals surface area contributed by atoms with Gasteiger partial charge in [-0.15, -0.1) is 0 Å². The Labute approximate surface area is 167 Å². The third kappa shape index (κ3) is 5.36. The van der Waals surface area contributed by atoms with Crippen LogP contribution in [0.1, 0.15) is 35.7 Å². The van der Waals surface area contributed by atoms with E-state index >= 15 is 0 Å². The van der Waals surface area contributed by atoms with Crippen molar-refractivity contribution in [2.75, 3.05) is 13.2 Å². The molecule has 1 N–H and O–H groups in total. The zero-order valence-corrected chi connectivity index (χ0v) is 16.5. The van der Waals surface area contributed by atoms with Crippen molar-refractivity contribution in [1.82, 2.24) is 10.3 Å². The predicted molar refractivity (Wildman–Crippen MR) is 108 cm³/mol. The van der Waals surface area contributed by atoms with Crippen LogP contribution >= 0.6 is 11.8 Å². The molecule has 2 aromatic carbocycles. The quantitative estimate of drug-likeness (QED) is 0.331. The smallest absolute Gasteiger partial charge is 0.338 e. The average molecular weight is 398 g/mol. The van der Waals surface area contributed by atoms with E-state index in [0.29, 0.717) is 23.1 Å². The molecule has 1 amide bonds. The van der Waals surface area contributed by atoms with Crippen molar-refractivity contribution < 1.29 is 18.7 Å². The second kappa shape index (κ2) is 9.94. The Kier molecular flexibility index (Phi) is 7.08. The maximum atomic E-state index is 12.4. The van der Waals surface area contributed by atoms with Gasteiger partial charge in [0, 0.05) is 12.3 Å². The topological polar surface area (TPSA) is 81.4 Å². The molecule has 28 heavy (non-hydrogen) atoms. The van der Waals surface area contributed by atoms with Gasteiger partial charge in [0.2, 0.25) is 0 Å². The Bertz CT molecular complexity index is 921. The van der Waals surface area contributed by atoms with Gasteiger partial charge in [-0.2, -0.15) is 0 Å². The van der Waals surface area contributed by atoms with Crippen molar-refractivity contribution in [2.24, 2.45) is 0 Å². The molecule has 0 aliphatic carbocycles. The maximum absolute atomic E-state index is 12.4. The van der Waals surface area contributed by atoms with Crippen LogP contribution in [0.3, 0.4) is 0 Å². The molecular formula is C21H22N2O4S. The lowest BCUT2D eigenvalue weighted by Gasteiger charge is -2.09. The Hall–Kier alpha value is -2.80. The molecule has 6 nitrogen and oxygen atoms in total. The number of nitrogens with zero attached hydrogens (tertiary/aromatic N) is 1. The fraction of sp³-hybridized carbons (Fsp3) is 0.286. The number of hydrogen-bond acceptors (Lipinski definition) is 6. The van der Waals surface area contributed by atoms with Crippen LogP contribution in [0.25, 0.3) is 11.1 Å². The highest BCUT2D eigenvalue weighted by Gasteiger charge is 2.15. The molecule has 0 aliphatic heterocycles. The summed E-state index contributed by atoms with van der Waals surface area (Å²) in [5, 5.41) is 3.26. The van der Waals surface area contributed by atoms with Gasteiger partial charge in [-0.05, 0) is 30.2 Å². The molecule has 3 rings (SSSR count). The van der Waals surface area contributed by atoms with Crippen LogP contribution in [-0.2, 0) is 15.3 Å². The summed E-state index contributed by atoms with van der Waals surface area (Å²) >= 11 is 1.40. The zero-order chi connectivity index (χ0) is 19.8. The van der Waals surface area contributed by atoms with E-state index in [1.807, 2.05) is 43.3 Å². The van der Waals surface area contributed by atoms with Gasteiger partial charge in [-0.25, -0.2) is 9.78 Å².